The maximum atomic E-state index is 4.53. The average Bonchev–Trinajstić information content (AvgIpc) is 3.14. The van der Waals surface area contributed by atoms with E-state index in [2.05, 4.69) is 41.3 Å². The Labute approximate surface area is 134 Å². The van der Waals surface area contributed by atoms with Crippen molar-refractivity contribution in [3.8, 4) is 0 Å². The number of hydrogen-bond acceptors (Lipinski definition) is 2. The van der Waals surface area contributed by atoms with Crippen LogP contribution in [-0.4, -0.2) is 48.6 Å². The molecule has 2 rings (SSSR count). The van der Waals surface area contributed by atoms with E-state index in [1.807, 2.05) is 0 Å². The number of hydrogen-bond donors (Lipinski definition) is 2. The van der Waals surface area contributed by atoms with Gasteiger partial charge in [0.05, 0.1) is 0 Å². The van der Waals surface area contributed by atoms with Crippen molar-refractivity contribution >= 4 is 29.9 Å². The Morgan fingerprint density at radius 1 is 1.11 bits per heavy atom. The van der Waals surface area contributed by atoms with Crippen molar-refractivity contribution in [3.05, 3.63) is 0 Å². The van der Waals surface area contributed by atoms with Crippen LogP contribution in [0.25, 0.3) is 0 Å². The number of piperidine rings is 1. The van der Waals surface area contributed by atoms with E-state index in [1.165, 1.54) is 38.8 Å². The first kappa shape index (κ1) is 17.0. The zero-order valence-electron chi connectivity index (χ0n) is 12.5. The van der Waals surface area contributed by atoms with Crippen LogP contribution in [0.4, 0.5) is 0 Å². The lowest BCUT2D eigenvalue weighted by molar-refractivity contribution is 0.167. The van der Waals surface area contributed by atoms with Gasteiger partial charge in [-0.25, -0.2) is 0 Å². The molecule has 0 unspecified atom stereocenters. The molecule has 0 aromatic heterocycles. The lowest BCUT2D eigenvalue weighted by atomic mass is 10.0. The fourth-order valence-electron chi connectivity index (χ4n) is 2.47. The fourth-order valence-corrected chi connectivity index (χ4v) is 2.47. The second kappa shape index (κ2) is 8.29. The predicted octanol–water partition coefficient (Wildman–Crippen LogP) is 2.19. The molecule has 19 heavy (non-hydrogen) atoms. The molecule has 5 heteroatoms. The summed E-state index contributed by atoms with van der Waals surface area (Å²) in [5.74, 6) is 1.03. The summed E-state index contributed by atoms with van der Waals surface area (Å²) in [4.78, 5) is 7.09. The first-order chi connectivity index (χ1) is 8.69. The molecule has 1 saturated carbocycles. The van der Waals surface area contributed by atoms with Crippen molar-refractivity contribution in [2.75, 3.05) is 19.6 Å². The van der Waals surface area contributed by atoms with Gasteiger partial charge in [-0.1, -0.05) is 0 Å². The third-order valence-corrected chi connectivity index (χ3v) is 3.84. The van der Waals surface area contributed by atoms with Crippen LogP contribution < -0.4 is 10.6 Å². The third kappa shape index (κ3) is 5.85. The zero-order chi connectivity index (χ0) is 13.0. The lowest BCUT2D eigenvalue weighted by Gasteiger charge is -2.35. The molecule has 0 radical (unpaired) electrons. The van der Waals surface area contributed by atoms with E-state index < -0.39 is 0 Å². The fraction of sp³-hybridized carbons (Fsp3) is 0.929. The monoisotopic (exact) mass is 380 g/mol. The van der Waals surface area contributed by atoms with Gasteiger partial charge in [0.15, 0.2) is 5.96 Å². The molecule has 1 saturated heterocycles. The predicted molar refractivity (Wildman–Crippen MR) is 92.4 cm³/mol. The molecule has 0 atom stereocenters. The molecule has 0 aromatic carbocycles. The summed E-state index contributed by atoms with van der Waals surface area (Å²) in [5, 5.41) is 7.10. The van der Waals surface area contributed by atoms with Crippen molar-refractivity contribution < 1.29 is 0 Å². The van der Waals surface area contributed by atoms with Crippen LogP contribution in [0.1, 0.15) is 46.5 Å². The summed E-state index contributed by atoms with van der Waals surface area (Å²) in [6.45, 7) is 9.93. The molecule has 2 N–H and O–H groups in total. The molecule has 2 fully saturated rings. The second-order valence-corrected chi connectivity index (χ2v) is 5.79. The highest BCUT2D eigenvalue weighted by Gasteiger charge is 2.25. The van der Waals surface area contributed by atoms with E-state index in [9.17, 15) is 0 Å². The minimum atomic E-state index is 0. The second-order valence-electron chi connectivity index (χ2n) is 5.79. The van der Waals surface area contributed by atoms with Crippen molar-refractivity contribution in [2.45, 2.75) is 64.6 Å². The Hall–Kier alpha value is -0.0400. The van der Waals surface area contributed by atoms with Gasteiger partial charge in [0.2, 0.25) is 0 Å². The van der Waals surface area contributed by atoms with Gasteiger partial charge in [-0.2, -0.15) is 0 Å². The molecule has 1 heterocycles. The first-order valence-corrected chi connectivity index (χ1v) is 7.50. The number of guanidine groups is 1. The van der Waals surface area contributed by atoms with Crippen LogP contribution in [0.3, 0.4) is 0 Å². The normalized spacial score (nSPS) is 22.2. The summed E-state index contributed by atoms with van der Waals surface area (Å²) in [6, 6.07) is 1.95. The molecule has 0 bridgehead atoms. The lowest BCUT2D eigenvalue weighted by Crippen LogP contribution is -2.50. The Morgan fingerprint density at radius 2 is 1.63 bits per heavy atom. The van der Waals surface area contributed by atoms with Gasteiger partial charge in [-0.3, -0.25) is 4.99 Å². The number of likely N-dealkylation sites (tertiary alicyclic amines) is 1. The summed E-state index contributed by atoms with van der Waals surface area (Å²) >= 11 is 0. The maximum absolute atomic E-state index is 4.53. The van der Waals surface area contributed by atoms with E-state index in [0.29, 0.717) is 18.1 Å². The highest BCUT2D eigenvalue weighted by molar-refractivity contribution is 14.0. The van der Waals surface area contributed by atoms with Gasteiger partial charge >= 0.3 is 0 Å². The Balaban J connectivity index is 0.00000180. The van der Waals surface area contributed by atoms with E-state index in [-0.39, 0.29) is 24.0 Å². The van der Waals surface area contributed by atoms with E-state index in [0.717, 1.165) is 12.5 Å². The zero-order valence-corrected chi connectivity index (χ0v) is 14.8. The molecule has 0 amide bonds. The minimum Gasteiger partial charge on any atom is -0.354 e. The van der Waals surface area contributed by atoms with Crippen molar-refractivity contribution in [3.63, 3.8) is 0 Å². The first-order valence-electron chi connectivity index (χ1n) is 7.50. The number of aliphatic imine (C=N–C) groups is 1. The number of halogens is 1. The summed E-state index contributed by atoms with van der Waals surface area (Å²) in [5.41, 5.74) is 0. The van der Waals surface area contributed by atoms with Crippen LogP contribution in [0.2, 0.25) is 0 Å². The van der Waals surface area contributed by atoms with E-state index in [1.54, 1.807) is 0 Å². The topological polar surface area (TPSA) is 39.7 Å². The highest BCUT2D eigenvalue weighted by Crippen LogP contribution is 2.19. The molecule has 0 spiro atoms. The van der Waals surface area contributed by atoms with E-state index >= 15 is 0 Å². The van der Waals surface area contributed by atoms with Gasteiger partial charge in [-0.15, -0.1) is 24.0 Å². The molecule has 1 aliphatic carbocycles. The Bertz CT molecular complexity index is 281. The average molecular weight is 380 g/mol. The molecule has 0 aromatic rings. The molecule has 112 valence electrons. The molecule has 2 aliphatic rings. The van der Waals surface area contributed by atoms with Crippen LogP contribution >= 0.6 is 24.0 Å². The van der Waals surface area contributed by atoms with Crippen LogP contribution in [0.5, 0.6) is 0 Å². The van der Waals surface area contributed by atoms with Crippen LogP contribution in [0.15, 0.2) is 4.99 Å². The van der Waals surface area contributed by atoms with Crippen molar-refractivity contribution in [1.82, 2.24) is 15.5 Å². The van der Waals surface area contributed by atoms with Gasteiger partial charge < -0.3 is 15.5 Å². The van der Waals surface area contributed by atoms with Crippen LogP contribution in [0, 0.1) is 0 Å². The number of nitrogens with zero attached hydrogens (tertiary/aromatic N) is 2. The quantitative estimate of drug-likeness (QED) is 0.446. The van der Waals surface area contributed by atoms with Crippen LogP contribution in [-0.2, 0) is 0 Å². The van der Waals surface area contributed by atoms with Gasteiger partial charge in [0, 0.05) is 37.8 Å². The van der Waals surface area contributed by atoms with Gasteiger partial charge in [-0.05, 0) is 46.5 Å². The number of rotatable bonds is 4. The molecule has 4 nitrogen and oxygen atoms in total. The van der Waals surface area contributed by atoms with Gasteiger partial charge in [0.25, 0.3) is 0 Å². The van der Waals surface area contributed by atoms with Gasteiger partial charge in [0.1, 0.15) is 0 Å². The summed E-state index contributed by atoms with van der Waals surface area (Å²) in [7, 11) is 0. The Morgan fingerprint density at radius 3 is 2.05 bits per heavy atom. The summed E-state index contributed by atoms with van der Waals surface area (Å²) < 4.78 is 0. The molecule has 1 aliphatic heterocycles. The number of nitrogens with one attached hydrogen (secondary N) is 2. The Kier molecular flexibility index (Phi) is 7.42. The molecular weight excluding hydrogens is 351 g/mol. The van der Waals surface area contributed by atoms with Crippen molar-refractivity contribution in [2.24, 2.45) is 4.99 Å². The standard InChI is InChI=1S/C14H28N4.HI/c1-4-15-14(16-12-5-6-12)17-13-7-9-18(10-8-13)11(2)3;/h11-13H,4-10H2,1-3H3,(H2,15,16,17);1H. The summed E-state index contributed by atoms with van der Waals surface area (Å²) in [6.07, 6.45) is 5.06. The third-order valence-electron chi connectivity index (χ3n) is 3.84. The maximum Gasteiger partial charge on any atom is 0.191 e. The minimum absolute atomic E-state index is 0. The molecular formula is C14H29IN4. The smallest absolute Gasteiger partial charge is 0.191 e. The highest BCUT2D eigenvalue weighted by atomic mass is 127. The SMILES string of the molecule is CCN=C(NC1CC1)NC1CCN(C(C)C)CC1.I. The van der Waals surface area contributed by atoms with E-state index in [4.69, 9.17) is 0 Å². The largest absolute Gasteiger partial charge is 0.354 e. The van der Waals surface area contributed by atoms with Crippen molar-refractivity contribution in [1.29, 1.82) is 0 Å².